The molecule has 33 heavy (non-hydrogen) atoms. The molecule has 4 aromatic rings. The zero-order valence-electron chi connectivity index (χ0n) is 18.0. The van der Waals surface area contributed by atoms with Crippen molar-refractivity contribution in [2.24, 2.45) is 5.10 Å². The summed E-state index contributed by atoms with van der Waals surface area (Å²) < 4.78 is 7.63. The number of pyridine rings is 1. The average Bonchev–Trinajstić information content (AvgIpc) is 2.88. The molecule has 0 saturated heterocycles. The number of nitrogens with zero attached hydrogens (tertiary/aromatic N) is 7. The Kier molecular flexibility index (Phi) is 5.59. The molecule has 0 spiro atoms. The second-order valence-corrected chi connectivity index (χ2v) is 7.44. The van der Waals surface area contributed by atoms with Crippen LogP contribution in [-0.2, 0) is 6.61 Å². The van der Waals surface area contributed by atoms with Crippen molar-refractivity contribution < 1.29 is 4.74 Å². The first-order valence-corrected chi connectivity index (χ1v) is 10.6. The first kappa shape index (κ1) is 20.5. The van der Waals surface area contributed by atoms with Crippen LogP contribution in [0.1, 0.15) is 19.0 Å². The number of fused-ring (bicyclic) bond motifs is 1. The Bertz CT molecular complexity index is 1410. The molecular weight excluding hydrogens is 418 g/mol. The maximum atomic E-state index is 12.4. The smallest absolute Gasteiger partial charge is 0.206 e. The molecule has 0 saturated carbocycles. The summed E-state index contributed by atoms with van der Waals surface area (Å²) in [7, 11) is 0. The van der Waals surface area contributed by atoms with Gasteiger partial charge in [0.15, 0.2) is 0 Å². The zero-order valence-corrected chi connectivity index (χ0v) is 18.0. The Labute approximate surface area is 189 Å². The summed E-state index contributed by atoms with van der Waals surface area (Å²) in [6.45, 7) is 2.83. The molecule has 0 amide bonds. The van der Waals surface area contributed by atoms with Gasteiger partial charge in [0.2, 0.25) is 5.43 Å². The molecule has 1 aromatic carbocycles. The van der Waals surface area contributed by atoms with Crippen molar-refractivity contribution in [1.82, 2.24) is 29.7 Å². The van der Waals surface area contributed by atoms with Crippen LogP contribution in [-0.4, -0.2) is 42.5 Å². The van der Waals surface area contributed by atoms with Crippen molar-refractivity contribution in [2.75, 3.05) is 6.54 Å². The molecule has 0 bridgehead atoms. The SMILES string of the molecule is CCN1C=C(n2ccc(=O)c(COc3ccc4ncc(-c5cncnc5)cc4c3)n2)CC=N1. The van der Waals surface area contributed by atoms with E-state index >= 15 is 0 Å². The summed E-state index contributed by atoms with van der Waals surface area (Å²) in [6, 6.07) is 9.14. The third kappa shape index (κ3) is 4.47. The summed E-state index contributed by atoms with van der Waals surface area (Å²) >= 11 is 0. The van der Waals surface area contributed by atoms with E-state index in [4.69, 9.17) is 4.74 Å². The lowest BCUT2D eigenvalue weighted by Gasteiger charge is -2.19. The molecule has 0 unspecified atom stereocenters. The number of benzene rings is 1. The van der Waals surface area contributed by atoms with Gasteiger partial charge in [0, 0.05) is 72.7 Å². The molecule has 0 radical (unpaired) electrons. The van der Waals surface area contributed by atoms with Crippen molar-refractivity contribution in [2.45, 2.75) is 20.0 Å². The van der Waals surface area contributed by atoms with Gasteiger partial charge in [-0.25, -0.2) is 14.6 Å². The highest BCUT2D eigenvalue weighted by Gasteiger charge is 2.11. The summed E-state index contributed by atoms with van der Waals surface area (Å²) in [5.74, 6) is 0.628. The number of hydrogen-bond acceptors (Lipinski definition) is 8. The number of rotatable bonds is 6. The van der Waals surface area contributed by atoms with E-state index < -0.39 is 0 Å². The number of hydrazone groups is 1. The van der Waals surface area contributed by atoms with Crippen molar-refractivity contribution in [3.8, 4) is 16.9 Å². The fourth-order valence-electron chi connectivity index (χ4n) is 3.49. The van der Waals surface area contributed by atoms with Gasteiger partial charge in [0.05, 0.1) is 11.2 Å². The molecule has 4 heterocycles. The molecule has 0 aliphatic carbocycles. The predicted octanol–water partition coefficient (Wildman–Crippen LogP) is 3.34. The lowest BCUT2D eigenvalue weighted by molar-refractivity contribution is 0.298. The number of ether oxygens (including phenoxy) is 1. The fourth-order valence-corrected chi connectivity index (χ4v) is 3.49. The Balaban J connectivity index is 1.37. The van der Waals surface area contributed by atoms with E-state index in [0.717, 1.165) is 34.3 Å². The Hall–Kier alpha value is -4.40. The fraction of sp³-hybridized carbons (Fsp3) is 0.167. The van der Waals surface area contributed by atoms with Gasteiger partial charge in [-0.3, -0.25) is 14.8 Å². The van der Waals surface area contributed by atoms with Crippen LogP contribution in [0.5, 0.6) is 5.75 Å². The van der Waals surface area contributed by atoms with Crippen LogP contribution in [0.15, 0.2) is 77.5 Å². The Morgan fingerprint density at radius 1 is 1.06 bits per heavy atom. The third-order valence-corrected chi connectivity index (χ3v) is 5.25. The van der Waals surface area contributed by atoms with Crippen LogP contribution in [0.25, 0.3) is 27.7 Å². The largest absolute Gasteiger partial charge is 0.487 e. The molecule has 164 valence electrons. The third-order valence-electron chi connectivity index (χ3n) is 5.25. The summed E-state index contributed by atoms with van der Waals surface area (Å²) in [5.41, 5.74) is 3.74. The predicted molar refractivity (Wildman–Crippen MR) is 125 cm³/mol. The van der Waals surface area contributed by atoms with E-state index in [1.165, 1.54) is 12.4 Å². The molecule has 1 aliphatic rings. The molecule has 9 nitrogen and oxygen atoms in total. The van der Waals surface area contributed by atoms with Gasteiger partial charge in [-0.15, -0.1) is 0 Å². The molecule has 0 N–H and O–H groups in total. The van der Waals surface area contributed by atoms with Gasteiger partial charge in [-0.05, 0) is 31.2 Å². The van der Waals surface area contributed by atoms with Gasteiger partial charge < -0.3 is 4.74 Å². The second-order valence-electron chi connectivity index (χ2n) is 7.44. The molecule has 1 aliphatic heterocycles. The van der Waals surface area contributed by atoms with Crippen LogP contribution in [0.3, 0.4) is 0 Å². The van der Waals surface area contributed by atoms with Crippen LogP contribution in [0.4, 0.5) is 0 Å². The minimum atomic E-state index is -0.169. The Morgan fingerprint density at radius 3 is 2.79 bits per heavy atom. The average molecular weight is 439 g/mol. The lowest BCUT2D eigenvalue weighted by atomic mass is 10.1. The van der Waals surface area contributed by atoms with Gasteiger partial charge in [-0.2, -0.15) is 10.2 Å². The van der Waals surface area contributed by atoms with Crippen molar-refractivity contribution in [3.63, 3.8) is 0 Å². The quantitative estimate of drug-likeness (QED) is 0.454. The van der Waals surface area contributed by atoms with Gasteiger partial charge in [0.1, 0.15) is 24.4 Å². The van der Waals surface area contributed by atoms with Crippen LogP contribution in [0.2, 0.25) is 0 Å². The number of hydrogen-bond donors (Lipinski definition) is 0. The van der Waals surface area contributed by atoms with Crippen molar-refractivity contribution >= 4 is 22.8 Å². The molecular formula is C24H21N7O2. The molecule has 5 rings (SSSR count). The summed E-state index contributed by atoms with van der Waals surface area (Å²) in [4.78, 5) is 25.0. The molecule has 0 fully saturated rings. The normalized spacial score (nSPS) is 13.2. The van der Waals surface area contributed by atoms with Gasteiger partial charge in [-0.1, -0.05) is 0 Å². The first-order chi connectivity index (χ1) is 16.2. The Morgan fingerprint density at radius 2 is 1.94 bits per heavy atom. The van der Waals surface area contributed by atoms with E-state index in [0.29, 0.717) is 17.9 Å². The number of aromatic nitrogens is 5. The second kappa shape index (κ2) is 8.99. The highest BCUT2D eigenvalue weighted by Crippen LogP contribution is 2.25. The first-order valence-electron chi connectivity index (χ1n) is 10.6. The van der Waals surface area contributed by atoms with Crippen LogP contribution >= 0.6 is 0 Å². The molecule has 9 heteroatoms. The highest BCUT2D eigenvalue weighted by atomic mass is 16.5. The standard InChI is InChI=1S/C24H21N7O2/c1-2-30-14-20(5-7-28-30)31-8-6-24(32)23(29-31)15-33-21-3-4-22-17(10-21)9-18(13-27-22)19-11-25-16-26-12-19/h3-4,6-14,16H,2,5,15H2,1H3. The van der Waals surface area contributed by atoms with E-state index in [2.05, 4.69) is 25.2 Å². The molecule has 0 atom stereocenters. The lowest BCUT2D eigenvalue weighted by Crippen LogP contribution is -2.21. The van der Waals surface area contributed by atoms with E-state index in [1.807, 2.05) is 48.6 Å². The van der Waals surface area contributed by atoms with E-state index in [1.54, 1.807) is 29.5 Å². The van der Waals surface area contributed by atoms with Gasteiger partial charge >= 0.3 is 0 Å². The van der Waals surface area contributed by atoms with E-state index in [-0.39, 0.29) is 12.0 Å². The van der Waals surface area contributed by atoms with E-state index in [9.17, 15) is 4.79 Å². The van der Waals surface area contributed by atoms with Crippen molar-refractivity contribution in [1.29, 1.82) is 0 Å². The summed E-state index contributed by atoms with van der Waals surface area (Å²) in [5, 5.41) is 11.5. The van der Waals surface area contributed by atoms with Crippen molar-refractivity contribution in [3.05, 3.63) is 83.6 Å². The monoisotopic (exact) mass is 439 g/mol. The summed E-state index contributed by atoms with van der Waals surface area (Å²) in [6.07, 6.45) is 12.8. The van der Waals surface area contributed by atoms with Crippen LogP contribution < -0.4 is 10.2 Å². The zero-order chi connectivity index (χ0) is 22.6. The van der Waals surface area contributed by atoms with Crippen LogP contribution in [0, 0.1) is 0 Å². The maximum absolute atomic E-state index is 12.4. The van der Waals surface area contributed by atoms with Gasteiger partial charge in [0.25, 0.3) is 0 Å². The minimum Gasteiger partial charge on any atom is -0.487 e. The topological polar surface area (TPSA) is 98.4 Å². The molecule has 3 aromatic heterocycles. The maximum Gasteiger partial charge on any atom is 0.206 e. The number of allylic oxidation sites excluding steroid dienone is 1. The minimum absolute atomic E-state index is 0.0592. The highest BCUT2D eigenvalue weighted by molar-refractivity contribution is 5.84.